The van der Waals surface area contributed by atoms with Crippen molar-refractivity contribution in [3.05, 3.63) is 35.5 Å². The van der Waals surface area contributed by atoms with E-state index in [9.17, 15) is 14.7 Å². The van der Waals surface area contributed by atoms with Crippen LogP contribution in [0.5, 0.6) is 0 Å². The summed E-state index contributed by atoms with van der Waals surface area (Å²) in [6, 6.07) is -0.0487. The van der Waals surface area contributed by atoms with Crippen LogP contribution in [0.15, 0.2) is 35.5 Å². The van der Waals surface area contributed by atoms with Crippen molar-refractivity contribution < 1.29 is 24.2 Å². The molecule has 3 aliphatic rings. The van der Waals surface area contributed by atoms with Gasteiger partial charge >= 0.3 is 11.9 Å². The minimum Gasteiger partial charge on any atom is -0.459 e. The smallest absolute Gasteiger partial charge is 0.342 e. The lowest BCUT2D eigenvalue weighted by Crippen LogP contribution is -2.42. The molecule has 130 valence electrons. The summed E-state index contributed by atoms with van der Waals surface area (Å²) in [7, 11) is 0. The summed E-state index contributed by atoms with van der Waals surface area (Å²) in [5.74, 6) is -1.16. The van der Waals surface area contributed by atoms with Gasteiger partial charge in [-0.3, -0.25) is 4.90 Å². The van der Waals surface area contributed by atoms with Crippen LogP contribution in [0.25, 0.3) is 0 Å². The lowest BCUT2D eigenvalue weighted by atomic mass is 9.91. The van der Waals surface area contributed by atoms with Gasteiger partial charge in [-0.1, -0.05) is 18.7 Å². The summed E-state index contributed by atoms with van der Waals surface area (Å²) in [4.78, 5) is 27.0. The van der Waals surface area contributed by atoms with E-state index in [-0.39, 0.29) is 30.7 Å². The molecule has 0 aromatic rings. The molecule has 0 saturated carbocycles. The Morgan fingerprint density at radius 1 is 1.46 bits per heavy atom. The van der Waals surface area contributed by atoms with Crippen molar-refractivity contribution in [1.29, 1.82) is 0 Å². The summed E-state index contributed by atoms with van der Waals surface area (Å²) >= 11 is 0. The van der Waals surface area contributed by atoms with Crippen molar-refractivity contribution in [2.75, 3.05) is 19.7 Å². The molecule has 3 heterocycles. The minimum absolute atomic E-state index is 0.0487. The summed E-state index contributed by atoms with van der Waals surface area (Å²) < 4.78 is 11.1. The Labute approximate surface area is 141 Å². The Morgan fingerprint density at radius 3 is 2.92 bits per heavy atom. The maximum Gasteiger partial charge on any atom is 0.342 e. The zero-order chi connectivity index (χ0) is 17.5. The topological polar surface area (TPSA) is 76.1 Å². The normalized spacial score (nSPS) is 36.5. The second kappa shape index (κ2) is 6.18. The van der Waals surface area contributed by atoms with Crippen molar-refractivity contribution >= 4 is 11.9 Å². The largest absolute Gasteiger partial charge is 0.459 e. The molecule has 2 saturated heterocycles. The van der Waals surface area contributed by atoms with Crippen molar-refractivity contribution in [1.82, 2.24) is 4.90 Å². The van der Waals surface area contributed by atoms with E-state index in [1.54, 1.807) is 13.0 Å². The van der Waals surface area contributed by atoms with Crippen LogP contribution >= 0.6 is 0 Å². The van der Waals surface area contributed by atoms with E-state index in [2.05, 4.69) is 11.5 Å². The fourth-order valence-electron chi connectivity index (χ4n) is 3.47. The number of hydrogen-bond donors (Lipinski definition) is 1. The number of rotatable bonds is 0. The van der Waals surface area contributed by atoms with E-state index in [1.807, 2.05) is 6.08 Å². The van der Waals surface area contributed by atoms with Crippen LogP contribution in [0.3, 0.4) is 0 Å². The van der Waals surface area contributed by atoms with Gasteiger partial charge in [-0.15, -0.1) is 0 Å². The highest BCUT2D eigenvalue weighted by molar-refractivity contribution is 5.90. The van der Waals surface area contributed by atoms with Crippen molar-refractivity contribution in [3.63, 3.8) is 0 Å². The highest BCUT2D eigenvalue weighted by atomic mass is 16.6. The van der Waals surface area contributed by atoms with Gasteiger partial charge in [-0.05, 0) is 31.4 Å². The Hall–Kier alpha value is -1.92. The maximum atomic E-state index is 12.5. The van der Waals surface area contributed by atoms with Crippen molar-refractivity contribution in [3.8, 4) is 0 Å². The first kappa shape index (κ1) is 16.9. The van der Waals surface area contributed by atoms with Crippen LogP contribution in [-0.2, 0) is 19.1 Å². The Kier molecular flexibility index (Phi) is 4.36. The molecule has 0 radical (unpaired) electrons. The lowest BCUT2D eigenvalue weighted by Gasteiger charge is -2.28. The SMILES string of the molecule is C=C1C/C(=C/C)C(=O)O[C@@H]2CCN3CC=C(COC(=O)[C@]1(C)O)[C@@H]23. The Balaban J connectivity index is 1.92. The van der Waals surface area contributed by atoms with Gasteiger partial charge in [0.2, 0.25) is 0 Å². The number of nitrogens with zero attached hydrogens (tertiary/aromatic N) is 1. The molecule has 0 unspecified atom stereocenters. The van der Waals surface area contributed by atoms with Crippen molar-refractivity contribution in [2.45, 2.75) is 44.4 Å². The third-order valence-electron chi connectivity index (χ3n) is 5.14. The van der Waals surface area contributed by atoms with E-state index in [4.69, 9.17) is 9.47 Å². The summed E-state index contributed by atoms with van der Waals surface area (Å²) in [6.45, 7) is 8.53. The van der Waals surface area contributed by atoms with Gasteiger partial charge in [0.25, 0.3) is 0 Å². The summed E-state index contributed by atoms with van der Waals surface area (Å²) in [6.07, 6.45) is 4.23. The molecule has 0 aromatic carbocycles. The zero-order valence-electron chi connectivity index (χ0n) is 14.1. The average Bonchev–Trinajstić information content (AvgIpc) is 3.12. The van der Waals surface area contributed by atoms with E-state index >= 15 is 0 Å². The molecule has 1 N–H and O–H groups in total. The first-order valence-electron chi connectivity index (χ1n) is 8.21. The highest BCUT2D eigenvalue weighted by Crippen LogP contribution is 2.33. The number of cyclic esters (lactones) is 1. The first-order valence-corrected chi connectivity index (χ1v) is 8.21. The Morgan fingerprint density at radius 2 is 2.21 bits per heavy atom. The van der Waals surface area contributed by atoms with Gasteiger partial charge in [-0.25, -0.2) is 9.59 Å². The zero-order valence-corrected chi connectivity index (χ0v) is 14.1. The molecular formula is C18H23NO5. The fraction of sp³-hybridized carbons (Fsp3) is 0.556. The second-order valence-electron chi connectivity index (χ2n) is 6.69. The van der Waals surface area contributed by atoms with Crippen LogP contribution < -0.4 is 0 Å². The van der Waals surface area contributed by atoms with E-state index in [0.29, 0.717) is 5.57 Å². The van der Waals surface area contributed by atoms with Crippen LogP contribution in [-0.4, -0.2) is 59.4 Å². The number of aliphatic hydroxyl groups is 1. The molecule has 3 aliphatic heterocycles. The molecule has 0 aliphatic carbocycles. The standard InChI is InChI=1S/C18H23NO5/c1-4-12-9-11(2)18(3,22)17(21)23-10-13-5-7-19-8-6-14(15(13)19)24-16(12)20/h4-5,14-15,22H,2,6-10H2,1,3H3/b12-4-/t14-,15+,18-/m1/s1. The third kappa shape index (κ3) is 2.80. The molecule has 0 aromatic heterocycles. The number of carbonyl (C=O) groups is 2. The number of hydrogen-bond acceptors (Lipinski definition) is 6. The minimum atomic E-state index is -1.85. The van der Waals surface area contributed by atoms with Crippen LogP contribution in [0, 0.1) is 0 Å². The molecule has 6 nitrogen and oxygen atoms in total. The van der Waals surface area contributed by atoms with E-state index in [0.717, 1.165) is 25.1 Å². The average molecular weight is 333 g/mol. The maximum absolute atomic E-state index is 12.5. The van der Waals surface area contributed by atoms with Gasteiger partial charge < -0.3 is 14.6 Å². The highest BCUT2D eigenvalue weighted by Gasteiger charge is 2.44. The molecular weight excluding hydrogens is 310 g/mol. The summed E-state index contributed by atoms with van der Waals surface area (Å²) in [5.41, 5.74) is -0.330. The van der Waals surface area contributed by atoms with Crippen molar-refractivity contribution in [2.24, 2.45) is 0 Å². The van der Waals surface area contributed by atoms with Gasteiger partial charge in [0, 0.05) is 25.1 Å². The van der Waals surface area contributed by atoms with Gasteiger partial charge in [-0.2, -0.15) is 0 Å². The molecule has 2 fully saturated rings. The van der Waals surface area contributed by atoms with E-state index < -0.39 is 17.5 Å². The molecule has 0 spiro atoms. The molecule has 3 atom stereocenters. The van der Waals surface area contributed by atoms with Gasteiger partial charge in [0.1, 0.15) is 12.7 Å². The number of esters is 2. The van der Waals surface area contributed by atoms with Crippen LogP contribution in [0.4, 0.5) is 0 Å². The Bertz CT molecular complexity index is 646. The molecule has 24 heavy (non-hydrogen) atoms. The van der Waals surface area contributed by atoms with Gasteiger partial charge in [0.05, 0.1) is 6.04 Å². The number of ether oxygens (including phenoxy) is 2. The van der Waals surface area contributed by atoms with Gasteiger partial charge in [0.15, 0.2) is 5.60 Å². The quantitative estimate of drug-likeness (QED) is 0.407. The van der Waals surface area contributed by atoms with Crippen LogP contribution in [0.2, 0.25) is 0 Å². The third-order valence-corrected chi connectivity index (χ3v) is 5.14. The van der Waals surface area contributed by atoms with E-state index in [1.165, 1.54) is 6.92 Å². The lowest BCUT2D eigenvalue weighted by molar-refractivity contribution is -0.160. The molecule has 6 heteroatoms. The fourth-order valence-corrected chi connectivity index (χ4v) is 3.47. The second-order valence-corrected chi connectivity index (χ2v) is 6.69. The predicted molar refractivity (Wildman–Crippen MR) is 87.0 cm³/mol. The summed E-state index contributed by atoms with van der Waals surface area (Å²) in [5, 5.41) is 10.5. The molecule has 0 amide bonds. The monoisotopic (exact) mass is 333 g/mol. The predicted octanol–water partition coefficient (Wildman–Crippen LogP) is 1.11. The number of allylic oxidation sites excluding steroid dienone is 1. The first-order chi connectivity index (χ1) is 11.3. The molecule has 3 rings (SSSR count). The number of carbonyl (C=O) groups excluding carboxylic acids is 2. The van der Waals surface area contributed by atoms with Crippen LogP contribution in [0.1, 0.15) is 26.7 Å². The molecule has 0 bridgehead atoms.